The summed E-state index contributed by atoms with van der Waals surface area (Å²) in [6.45, 7) is 0.985. The number of carbonyl (C=O) groups is 1. The van der Waals surface area contributed by atoms with E-state index in [4.69, 9.17) is 0 Å². The number of thiazole rings is 1. The van der Waals surface area contributed by atoms with Gasteiger partial charge in [0.2, 0.25) is 5.91 Å². The Labute approximate surface area is 147 Å². The van der Waals surface area contributed by atoms with Gasteiger partial charge >= 0.3 is 0 Å². The van der Waals surface area contributed by atoms with Crippen LogP contribution < -0.4 is 5.32 Å². The molecule has 0 unspecified atom stereocenters. The molecule has 1 heterocycles. The first-order valence-corrected chi connectivity index (χ1v) is 8.79. The van der Waals surface area contributed by atoms with Gasteiger partial charge in [0.05, 0.1) is 23.3 Å². The van der Waals surface area contributed by atoms with Gasteiger partial charge in [0.15, 0.2) is 0 Å². The number of aromatic nitrogens is 1. The molecule has 1 aromatic heterocycles. The molecule has 3 aromatic rings. The number of anilines is 1. The summed E-state index contributed by atoms with van der Waals surface area (Å²) in [5.74, 6) is -0.0315. The Hall–Kier alpha value is -1.76. The molecule has 0 bridgehead atoms. The van der Waals surface area contributed by atoms with Crippen LogP contribution in [0.1, 0.15) is 5.01 Å². The number of rotatable bonds is 5. The van der Waals surface area contributed by atoms with Crippen molar-refractivity contribution in [3.63, 3.8) is 0 Å². The Kier molecular flexibility index (Phi) is 5.05. The van der Waals surface area contributed by atoms with E-state index in [2.05, 4.69) is 32.3 Å². The molecule has 0 spiro atoms. The predicted octanol–water partition coefficient (Wildman–Crippen LogP) is 4.13. The van der Waals surface area contributed by atoms with Crippen molar-refractivity contribution in [2.75, 3.05) is 18.9 Å². The zero-order valence-electron chi connectivity index (χ0n) is 12.6. The van der Waals surface area contributed by atoms with Gasteiger partial charge in [0, 0.05) is 10.2 Å². The van der Waals surface area contributed by atoms with Gasteiger partial charge < -0.3 is 5.32 Å². The Morgan fingerprint density at radius 2 is 1.96 bits per heavy atom. The fourth-order valence-corrected chi connectivity index (χ4v) is 3.57. The Morgan fingerprint density at radius 1 is 1.22 bits per heavy atom. The third-order valence-electron chi connectivity index (χ3n) is 3.28. The number of hydrogen-bond donors (Lipinski definition) is 1. The molecule has 23 heavy (non-hydrogen) atoms. The molecule has 0 fully saturated rings. The highest BCUT2D eigenvalue weighted by molar-refractivity contribution is 9.10. The number of fused-ring (bicyclic) bond motifs is 1. The molecule has 2 aromatic carbocycles. The summed E-state index contributed by atoms with van der Waals surface area (Å²) >= 11 is 5.05. The van der Waals surface area contributed by atoms with E-state index in [9.17, 15) is 4.79 Å². The number of para-hydroxylation sites is 1. The van der Waals surface area contributed by atoms with Crippen LogP contribution in [0.25, 0.3) is 10.2 Å². The van der Waals surface area contributed by atoms with E-state index in [-0.39, 0.29) is 5.91 Å². The lowest BCUT2D eigenvalue weighted by molar-refractivity contribution is -0.117. The maximum atomic E-state index is 12.1. The zero-order chi connectivity index (χ0) is 16.2. The fraction of sp³-hybridized carbons (Fsp3) is 0.176. The molecule has 0 radical (unpaired) electrons. The van der Waals surface area contributed by atoms with Crippen LogP contribution in [-0.2, 0) is 11.3 Å². The van der Waals surface area contributed by atoms with Crippen LogP contribution in [0.5, 0.6) is 0 Å². The third-order valence-corrected chi connectivity index (χ3v) is 4.83. The minimum atomic E-state index is -0.0315. The van der Waals surface area contributed by atoms with Gasteiger partial charge in [-0.2, -0.15) is 0 Å². The van der Waals surface area contributed by atoms with Gasteiger partial charge in [-0.05, 0) is 43.4 Å². The average Bonchev–Trinajstić information content (AvgIpc) is 2.91. The van der Waals surface area contributed by atoms with E-state index >= 15 is 0 Å². The number of carbonyl (C=O) groups excluding carboxylic acids is 1. The summed E-state index contributed by atoms with van der Waals surface area (Å²) < 4.78 is 2.17. The molecular weight excluding hydrogens is 374 g/mol. The van der Waals surface area contributed by atoms with Crippen LogP contribution in [0.4, 0.5) is 5.69 Å². The molecule has 118 valence electrons. The van der Waals surface area contributed by atoms with Crippen molar-refractivity contribution < 1.29 is 4.79 Å². The van der Waals surface area contributed by atoms with Crippen LogP contribution >= 0.6 is 27.3 Å². The van der Waals surface area contributed by atoms with Crippen LogP contribution in [-0.4, -0.2) is 29.4 Å². The molecule has 4 nitrogen and oxygen atoms in total. The van der Waals surface area contributed by atoms with E-state index in [1.54, 1.807) is 11.3 Å². The Morgan fingerprint density at radius 3 is 2.70 bits per heavy atom. The SMILES string of the molecule is CN(CC(=O)Nc1ccc(Br)cc1)Cc1nc2ccccc2s1. The van der Waals surface area contributed by atoms with Crippen molar-refractivity contribution in [2.45, 2.75) is 6.54 Å². The highest BCUT2D eigenvalue weighted by Gasteiger charge is 2.10. The molecule has 0 saturated carbocycles. The molecule has 1 amide bonds. The van der Waals surface area contributed by atoms with Crippen LogP contribution in [0.2, 0.25) is 0 Å². The molecular formula is C17H16BrN3OS. The summed E-state index contributed by atoms with van der Waals surface area (Å²) in [6.07, 6.45) is 0. The van der Waals surface area contributed by atoms with Gasteiger partial charge in [-0.25, -0.2) is 4.98 Å². The molecule has 0 aliphatic heterocycles. The first-order valence-electron chi connectivity index (χ1n) is 7.18. The van der Waals surface area contributed by atoms with E-state index in [1.807, 2.05) is 54.4 Å². The van der Waals surface area contributed by atoms with Crippen molar-refractivity contribution in [2.24, 2.45) is 0 Å². The maximum absolute atomic E-state index is 12.1. The summed E-state index contributed by atoms with van der Waals surface area (Å²) in [4.78, 5) is 18.6. The molecule has 0 aliphatic carbocycles. The third kappa shape index (κ3) is 4.37. The quantitative estimate of drug-likeness (QED) is 0.713. The highest BCUT2D eigenvalue weighted by atomic mass is 79.9. The Bertz CT molecular complexity index is 783. The van der Waals surface area contributed by atoms with Crippen molar-refractivity contribution >= 4 is 49.1 Å². The fourth-order valence-electron chi connectivity index (χ4n) is 2.25. The van der Waals surface area contributed by atoms with Gasteiger partial charge in [-0.3, -0.25) is 9.69 Å². The van der Waals surface area contributed by atoms with E-state index in [0.29, 0.717) is 13.1 Å². The minimum Gasteiger partial charge on any atom is -0.325 e. The average molecular weight is 390 g/mol. The van der Waals surface area contributed by atoms with Crippen LogP contribution in [0.15, 0.2) is 53.0 Å². The second kappa shape index (κ2) is 7.21. The number of likely N-dealkylation sites (N-methyl/N-ethyl adjacent to an activating group) is 1. The number of hydrogen-bond acceptors (Lipinski definition) is 4. The second-order valence-electron chi connectivity index (χ2n) is 5.30. The van der Waals surface area contributed by atoms with E-state index < -0.39 is 0 Å². The van der Waals surface area contributed by atoms with Crippen molar-refractivity contribution in [1.82, 2.24) is 9.88 Å². The minimum absolute atomic E-state index is 0.0315. The predicted molar refractivity (Wildman–Crippen MR) is 98.7 cm³/mol. The van der Waals surface area contributed by atoms with Crippen molar-refractivity contribution in [3.05, 3.63) is 58.0 Å². The molecule has 6 heteroatoms. The lowest BCUT2D eigenvalue weighted by Gasteiger charge is -2.14. The molecule has 3 rings (SSSR count). The lowest BCUT2D eigenvalue weighted by atomic mass is 10.3. The van der Waals surface area contributed by atoms with Crippen molar-refractivity contribution in [3.8, 4) is 0 Å². The van der Waals surface area contributed by atoms with Gasteiger partial charge in [-0.1, -0.05) is 28.1 Å². The lowest BCUT2D eigenvalue weighted by Crippen LogP contribution is -2.29. The first kappa shape index (κ1) is 16.1. The topological polar surface area (TPSA) is 45.2 Å². The molecule has 0 saturated heterocycles. The molecule has 0 atom stereocenters. The number of halogens is 1. The summed E-state index contributed by atoms with van der Waals surface area (Å²) in [5, 5.41) is 3.91. The number of amides is 1. The second-order valence-corrected chi connectivity index (χ2v) is 7.33. The number of nitrogens with one attached hydrogen (secondary N) is 1. The van der Waals surface area contributed by atoms with Gasteiger partial charge in [0.25, 0.3) is 0 Å². The van der Waals surface area contributed by atoms with E-state index in [1.165, 1.54) is 4.70 Å². The summed E-state index contributed by atoms with van der Waals surface area (Å²) in [7, 11) is 1.92. The smallest absolute Gasteiger partial charge is 0.238 e. The van der Waals surface area contributed by atoms with Crippen LogP contribution in [0, 0.1) is 0 Å². The largest absolute Gasteiger partial charge is 0.325 e. The molecule has 1 N–H and O–H groups in total. The normalized spacial score (nSPS) is 11.1. The Balaban J connectivity index is 1.56. The summed E-state index contributed by atoms with van der Waals surface area (Å²) in [6, 6.07) is 15.6. The van der Waals surface area contributed by atoms with Gasteiger partial charge in [-0.15, -0.1) is 11.3 Å². The highest BCUT2D eigenvalue weighted by Crippen LogP contribution is 2.22. The maximum Gasteiger partial charge on any atom is 0.238 e. The van der Waals surface area contributed by atoms with Gasteiger partial charge in [0.1, 0.15) is 5.01 Å². The standard InChI is InChI=1S/C17H16BrN3OS/c1-21(10-16(22)19-13-8-6-12(18)7-9-13)11-17-20-14-4-2-3-5-15(14)23-17/h2-9H,10-11H2,1H3,(H,19,22). The zero-order valence-corrected chi connectivity index (χ0v) is 15.0. The van der Waals surface area contributed by atoms with E-state index in [0.717, 1.165) is 20.7 Å². The molecule has 0 aliphatic rings. The van der Waals surface area contributed by atoms with Crippen molar-refractivity contribution in [1.29, 1.82) is 0 Å². The first-order chi connectivity index (χ1) is 11.1. The number of benzene rings is 2. The monoisotopic (exact) mass is 389 g/mol. The van der Waals surface area contributed by atoms with Crippen LogP contribution in [0.3, 0.4) is 0 Å². The summed E-state index contributed by atoms with van der Waals surface area (Å²) in [5.41, 5.74) is 1.81. The number of nitrogens with zero attached hydrogens (tertiary/aromatic N) is 2.